The van der Waals surface area contributed by atoms with Crippen molar-refractivity contribution in [3.63, 3.8) is 0 Å². The van der Waals surface area contributed by atoms with Crippen molar-refractivity contribution >= 4 is 43.5 Å². The monoisotopic (exact) mass is 392 g/mol. The molecule has 0 aliphatic heterocycles. The van der Waals surface area contributed by atoms with E-state index in [1.807, 2.05) is 25.1 Å². The van der Waals surface area contributed by atoms with Crippen LogP contribution in [0.3, 0.4) is 0 Å². The molecule has 2 aromatic rings. The molecular weight excluding hydrogens is 383 g/mol. The third-order valence-electron chi connectivity index (χ3n) is 2.65. The topological polar surface area (TPSA) is 38.0 Å². The number of halogens is 3. The second-order valence-electron chi connectivity index (χ2n) is 3.76. The summed E-state index contributed by atoms with van der Waals surface area (Å²) in [5, 5.41) is 15.1. The Kier molecular flexibility index (Phi) is 4.48. The third-order valence-corrected chi connectivity index (χ3v) is 4.12. The average Bonchev–Trinajstić information content (AvgIpc) is 2.69. The summed E-state index contributed by atoms with van der Waals surface area (Å²) in [7, 11) is 0. The summed E-state index contributed by atoms with van der Waals surface area (Å²) in [6, 6.07) is 5.62. The van der Waals surface area contributed by atoms with Crippen molar-refractivity contribution in [2.24, 2.45) is 0 Å². The molecule has 18 heavy (non-hydrogen) atoms. The van der Waals surface area contributed by atoms with Gasteiger partial charge in [-0.2, -0.15) is 5.10 Å². The van der Waals surface area contributed by atoms with Crippen molar-refractivity contribution in [2.75, 3.05) is 0 Å². The maximum atomic E-state index is 10.5. The van der Waals surface area contributed by atoms with Crippen LogP contribution >= 0.6 is 43.5 Å². The molecule has 96 valence electrons. The molecule has 2 rings (SSSR count). The van der Waals surface area contributed by atoms with Gasteiger partial charge in [-0.05, 0) is 19.1 Å². The highest BCUT2D eigenvalue weighted by molar-refractivity contribution is 9.11. The molecule has 0 saturated carbocycles. The highest BCUT2D eigenvalue weighted by Crippen LogP contribution is 2.33. The first-order chi connectivity index (χ1) is 8.54. The molecule has 6 heteroatoms. The fourth-order valence-corrected chi connectivity index (χ4v) is 3.27. The SMILES string of the molecule is CCn1ncc(Cl)c1C(O)c1ccc(Br)cc1Br. The van der Waals surface area contributed by atoms with Gasteiger partial charge in [0.1, 0.15) is 6.10 Å². The molecule has 0 saturated heterocycles. The lowest BCUT2D eigenvalue weighted by atomic mass is 10.1. The van der Waals surface area contributed by atoms with E-state index in [-0.39, 0.29) is 0 Å². The van der Waals surface area contributed by atoms with E-state index in [0.29, 0.717) is 17.3 Å². The summed E-state index contributed by atoms with van der Waals surface area (Å²) in [6.07, 6.45) is 0.749. The lowest BCUT2D eigenvalue weighted by Crippen LogP contribution is -2.10. The maximum absolute atomic E-state index is 10.5. The molecule has 1 atom stereocenters. The fourth-order valence-electron chi connectivity index (χ4n) is 1.77. The molecule has 1 N–H and O–H groups in total. The van der Waals surface area contributed by atoms with Crippen molar-refractivity contribution < 1.29 is 5.11 Å². The molecule has 0 radical (unpaired) electrons. The third kappa shape index (κ3) is 2.64. The molecule has 0 aliphatic carbocycles. The minimum atomic E-state index is -0.803. The summed E-state index contributed by atoms with van der Waals surface area (Å²) in [5.74, 6) is 0. The first kappa shape index (κ1) is 14.1. The Balaban J connectivity index is 2.47. The van der Waals surface area contributed by atoms with E-state index in [4.69, 9.17) is 11.6 Å². The Labute approximate surface area is 127 Å². The Morgan fingerprint density at radius 2 is 2.17 bits per heavy atom. The van der Waals surface area contributed by atoms with Crippen LogP contribution in [0.1, 0.15) is 24.3 Å². The maximum Gasteiger partial charge on any atom is 0.123 e. The molecule has 0 bridgehead atoms. The minimum absolute atomic E-state index is 0.471. The average molecular weight is 394 g/mol. The Morgan fingerprint density at radius 3 is 2.78 bits per heavy atom. The van der Waals surface area contributed by atoms with Crippen LogP contribution in [0.25, 0.3) is 0 Å². The van der Waals surface area contributed by atoms with Crippen molar-refractivity contribution in [3.8, 4) is 0 Å². The van der Waals surface area contributed by atoms with Crippen LogP contribution in [-0.4, -0.2) is 14.9 Å². The summed E-state index contributed by atoms with van der Waals surface area (Å²) < 4.78 is 3.46. The molecule has 0 fully saturated rings. The number of aryl methyl sites for hydroxylation is 1. The molecular formula is C12H11Br2ClN2O. The molecule has 3 nitrogen and oxygen atoms in total. The number of aliphatic hydroxyl groups excluding tert-OH is 1. The van der Waals surface area contributed by atoms with Crippen molar-refractivity contribution in [1.82, 2.24) is 9.78 Å². The zero-order valence-corrected chi connectivity index (χ0v) is 13.5. The number of benzene rings is 1. The largest absolute Gasteiger partial charge is 0.382 e. The van der Waals surface area contributed by atoms with Gasteiger partial charge in [-0.3, -0.25) is 4.68 Å². The second kappa shape index (κ2) is 5.74. The molecule has 1 unspecified atom stereocenters. The van der Waals surface area contributed by atoms with Crippen LogP contribution in [0.5, 0.6) is 0 Å². The Morgan fingerprint density at radius 1 is 1.44 bits per heavy atom. The van der Waals surface area contributed by atoms with Crippen LogP contribution in [0.4, 0.5) is 0 Å². The van der Waals surface area contributed by atoms with Gasteiger partial charge in [-0.25, -0.2) is 0 Å². The number of aromatic nitrogens is 2. The van der Waals surface area contributed by atoms with Gasteiger partial charge in [0.05, 0.1) is 16.9 Å². The van der Waals surface area contributed by atoms with Gasteiger partial charge < -0.3 is 5.11 Å². The lowest BCUT2D eigenvalue weighted by molar-refractivity contribution is 0.207. The van der Waals surface area contributed by atoms with Gasteiger partial charge >= 0.3 is 0 Å². The summed E-state index contributed by atoms with van der Waals surface area (Å²) in [5.41, 5.74) is 1.37. The number of hydrogen-bond acceptors (Lipinski definition) is 2. The molecule has 1 aromatic carbocycles. The first-order valence-corrected chi connectivity index (χ1v) is 7.35. The predicted molar refractivity (Wildman–Crippen MR) is 78.8 cm³/mol. The highest BCUT2D eigenvalue weighted by Gasteiger charge is 2.21. The van der Waals surface area contributed by atoms with E-state index in [9.17, 15) is 5.11 Å². The van der Waals surface area contributed by atoms with E-state index >= 15 is 0 Å². The summed E-state index contributed by atoms with van der Waals surface area (Å²) in [4.78, 5) is 0. The van der Waals surface area contributed by atoms with Gasteiger partial charge in [0, 0.05) is 21.1 Å². The van der Waals surface area contributed by atoms with Crippen molar-refractivity contribution in [3.05, 3.63) is 49.6 Å². The van der Waals surface area contributed by atoms with Crippen LogP contribution in [0.2, 0.25) is 5.02 Å². The first-order valence-electron chi connectivity index (χ1n) is 5.38. The van der Waals surface area contributed by atoms with Crippen molar-refractivity contribution in [2.45, 2.75) is 19.6 Å². The number of hydrogen-bond donors (Lipinski definition) is 1. The standard InChI is InChI=1S/C12H11Br2ClN2O/c1-2-17-11(10(15)6-16-17)12(18)8-4-3-7(13)5-9(8)14/h3-6,12,18H,2H2,1H3. The molecule has 0 spiro atoms. The summed E-state index contributed by atoms with van der Waals surface area (Å²) in [6.45, 7) is 2.61. The van der Waals surface area contributed by atoms with Gasteiger partial charge in [0.25, 0.3) is 0 Å². The normalized spacial score (nSPS) is 12.7. The number of rotatable bonds is 3. The van der Waals surface area contributed by atoms with E-state index in [1.54, 1.807) is 10.9 Å². The van der Waals surface area contributed by atoms with Crippen LogP contribution in [-0.2, 0) is 6.54 Å². The molecule has 0 aliphatic rings. The number of nitrogens with zero attached hydrogens (tertiary/aromatic N) is 2. The zero-order chi connectivity index (χ0) is 13.3. The van der Waals surface area contributed by atoms with E-state index in [1.165, 1.54) is 0 Å². The second-order valence-corrected chi connectivity index (χ2v) is 5.94. The highest BCUT2D eigenvalue weighted by atomic mass is 79.9. The van der Waals surface area contributed by atoms with Crippen LogP contribution < -0.4 is 0 Å². The van der Waals surface area contributed by atoms with Gasteiger partial charge in [0.2, 0.25) is 0 Å². The number of aliphatic hydroxyl groups is 1. The van der Waals surface area contributed by atoms with E-state index in [2.05, 4.69) is 37.0 Å². The van der Waals surface area contributed by atoms with Gasteiger partial charge in [0.15, 0.2) is 0 Å². The quantitative estimate of drug-likeness (QED) is 0.849. The predicted octanol–water partition coefficient (Wildman–Crippen LogP) is 4.16. The summed E-state index contributed by atoms with van der Waals surface area (Å²) >= 11 is 12.9. The Bertz CT molecular complexity index is 571. The molecule has 0 amide bonds. The van der Waals surface area contributed by atoms with E-state index < -0.39 is 6.10 Å². The van der Waals surface area contributed by atoms with Crippen LogP contribution in [0.15, 0.2) is 33.3 Å². The minimum Gasteiger partial charge on any atom is -0.382 e. The van der Waals surface area contributed by atoms with Gasteiger partial charge in [-0.1, -0.05) is 49.5 Å². The smallest absolute Gasteiger partial charge is 0.123 e. The molecule has 1 heterocycles. The van der Waals surface area contributed by atoms with Gasteiger partial charge in [-0.15, -0.1) is 0 Å². The zero-order valence-electron chi connectivity index (χ0n) is 9.57. The Hall–Kier alpha value is -0.360. The van der Waals surface area contributed by atoms with Crippen LogP contribution in [0, 0.1) is 0 Å². The fraction of sp³-hybridized carbons (Fsp3) is 0.250. The van der Waals surface area contributed by atoms with Crippen molar-refractivity contribution in [1.29, 1.82) is 0 Å². The van der Waals surface area contributed by atoms with E-state index in [0.717, 1.165) is 14.5 Å². The lowest BCUT2D eigenvalue weighted by Gasteiger charge is -2.15. The molecule has 1 aromatic heterocycles.